The van der Waals surface area contributed by atoms with Gasteiger partial charge in [-0.3, -0.25) is 0 Å². The van der Waals surface area contributed by atoms with Gasteiger partial charge in [0.2, 0.25) is 0 Å². The van der Waals surface area contributed by atoms with E-state index in [-0.39, 0.29) is 6.61 Å². The van der Waals surface area contributed by atoms with Gasteiger partial charge >= 0.3 is 0 Å². The fourth-order valence-corrected chi connectivity index (χ4v) is 2.56. The zero-order valence-electron chi connectivity index (χ0n) is 7.96. The van der Waals surface area contributed by atoms with Crippen molar-refractivity contribution in [3.8, 4) is 18.1 Å². The van der Waals surface area contributed by atoms with Gasteiger partial charge in [0.25, 0.3) is 0 Å². The standard InChI is InChI=1S/C11H10Br2O2/c1-2-3-4-15-11-9(12)5-8(7-14)6-10(11)13/h1,5-6,14H,3-4,7H2. The Bertz CT molecular complexity index is 360. The molecule has 2 nitrogen and oxygen atoms in total. The molecule has 0 saturated carbocycles. The predicted molar refractivity (Wildman–Crippen MR) is 66.7 cm³/mol. The third kappa shape index (κ3) is 3.53. The van der Waals surface area contributed by atoms with Gasteiger partial charge in [0, 0.05) is 6.42 Å². The first-order valence-electron chi connectivity index (χ1n) is 4.34. The van der Waals surface area contributed by atoms with E-state index < -0.39 is 0 Å². The Kier molecular flexibility index (Phi) is 5.16. The van der Waals surface area contributed by atoms with Gasteiger partial charge in [0.15, 0.2) is 0 Å². The van der Waals surface area contributed by atoms with Crippen LogP contribution in [0.15, 0.2) is 21.1 Å². The number of rotatable bonds is 4. The summed E-state index contributed by atoms with van der Waals surface area (Å²) in [6.07, 6.45) is 5.70. The van der Waals surface area contributed by atoms with Gasteiger partial charge in [-0.2, -0.15) is 0 Å². The largest absolute Gasteiger partial charge is 0.490 e. The number of hydrogen-bond acceptors (Lipinski definition) is 2. The molecule has 0 radical (unpaired) electrons. The highest BCUT2D eigenvalue weighted by Crippen LogP contribution is 2.34. The number of aliphatic hydroxyl groups excluding tert-OH is 1. The predicted octanol–water partition coefficient (Wildman–Crippen LogP) is 3.11. The van der Waals surface area contributed by atoms with E-state index in [0.29, 0.717) is 18.8 Å². The van der Waals surface area contributed by atoms with Crippen LogP contribution in [-0.4, -0.2) is 11.7 Å². The lowest BCUT2D eigenvalue weighted by Crippen LogP contribution is -1.98. The highest BCUT2D eigenvalue weighted by Gasteiger charge is 2.08. The molecule has 1 aromatic carbocycles. The van der Waals surface area contributed by atoms with Crippen LogP contribution in [0.2, 0.25) is 0 Å². The molecule has 1 rings (SSSR count). The molecule has 0 aromatic heterocycles. The minimum atomic E-state index is 0.00182. The van der Waals surface area contributed by atoms with Crippen molar-refractivity contribution in [3.63, 3.8) is 0 Å². The maximum Gasteiger partial charge on any atom is 0.147 e. The van der Waals surface area contributed by atoms with Crippen molar-refractivity contribution in [1.82, 2.24) is 0 Å². The second-order valence-corrected chi connectivity index (χ2v) is 4.56. The van der Waals surface area contributed by atoms with Crippen molar-refractivity contribution >= 4 is 31.9 Å². The monoisotopic (exact) mass is 332 g/mol. The fourth-order valence-electron chi connectivity index (χ4n) is 1.05. The van der Waals surface area contributed by atoms with Crippen molar-refractivity contribution in [3.05, 3.63) is 26.6 Å². The first-order valence-corrected chi connectivity index (χ1v) is 5.92. The lowest BCUT2D eigenvalue weighted by molar-refractivity contribution is 0.281. The van der Waals surface area contributed by atoms with E-state index in [1.807, 2.05) is 12.1 Å². The second kappa shape index (κ2) is 6.16. The van der Waals surface area contributed by atoms with Gasteiger partial charge in [-0.15, -0.1) is 12.3 Å². The summed E-state index contributed by atoms with van der Waals surface area (Å²) in [5, 5.41) is 8.98. The molecule has 0 heterocycles. The molecule has 0 aliphatic heterocycles. The molecular formula is C11H10Br2O2. The van der Waals surface area contributed by atoms with Gasteiger partial charge < -0.3 is 9.84 Å². The van der Waals surface area contributed by atoms with E-state index in [9.17, 15) is 0 Å². The molecule has 0 amide bonds. The van der Waals surface area contributed by atoms with Crippen LogP contribution < -0.4 is 4.74 Å². The zero-order chi connectivity index (χ0) is 11.3. The third-order valence-corrected chi connectivity index (χ3v) is 2.91. The van der Waals surface area contributed by atoms with Gasteiger partial charge in [0.05, 0.1) is 22.2 Å². The average Bonchev–Trinajstić information content (AvgIpc) is 2.22. The molecule has 4 heteroatoms. The van der Waals surface area contributed by atoms with Crippen LogP contribution in [0, 0.1) is 12.3 Å². The Morgan fingerprint density at radius 3 is 2.40 bits per heavy atom. The number of terminal acetylenes is 1. The Morgan fingerprint density at radius 2 is 1.93 bits per heavy atom. The van der Waals surface area contributed by atoms with Crippen LogP contribution in [-0.2, 0) is 6.61 Å². The average molecular weight is 334 g/mol. The van der Waals surface area contributed by atoms with E-state index in [2.05, 4.69) is 37.8 Å². The molecule has 0 bridgehead atoms. The van der Waals surface area contributed by atoms with Crippen LogP contribution >= 0.6 is 31.9 Å². The summed E-state index contributed by atoms with van der Waals surface area (Å²) >= 11 is 6.75. The first kappa shape index (κ1) is 12.6. The quantitative estimate of drug-likeness (QED) is 0.677. The molecule has 15 heavy (non-hydrogen) atoms. The maximum atomic E-state index is 8.98. The van der Waals surface area contributed by atoms with Crippen molar-refractivity contribution < 1.29 is 9.84 Å². The number of halogens is 2. The Morgan fingerprint density at radius 1 is 1.33 bits per heavy atom. The number of aliphatic hydroxyl groups is 1. The maximum absolute atomic E-state index is 8.98. The molecule has 0 fully saturated rings. The van der Waals surface area contributed by atoms with Gasteiger partial charge in [-0.05, 0) is 49.6 Å². The molecule has 1 aromatic rings. The van der Waals surface area contributed by atoms with Gasteiger partial charge in [0.1, 0.15) is 5.75 Å². The normalized spacial score (nSPS) is 9.73. The van der Waals surface area contributed by atoms with E-state index in [1.54, 1.807) is 0 Å². The molecule has 0 aliphatic carbocycles. The molecule has 0 aliphatic rings. The van der Waals surface area contributed by atoms with Crippen LogP contribution in [0.4, 0.5) is 0 Å². The molecular weight excluding hydrogens is 324 g/mol. The summed E-state index contributed by atoms with van der Waals surface area (Å²) < 4.78 is 7.10. The summed E-state index contributed by atoms with van der Waals surface area (Å²) in [6.45, 7) is 0.480. The number of hydrogen-bond donors (Lipinski definition) is 1. The van der Waals surface area contributed by atoms with E-state index in [4.69, 9.17) is 16.3 Å². The highest BCUT2D eigenvalue weighted by molar-refractivity contribution is 9.11. The molecule has 0 saturated heterocycles. The van der Waals surface area contributed by atoms with Gasteiger partial charge in [-0.1, -0.05) is 0 Å². The highest BCUT2D eigenvalue weighted by atomic mass is 79.9. The Hall–Kier alpha value is -0.500. The summed E-state index contributed by atoms with van der Waals surface area (Å²) in [7, 11) is 0. The summed E-state index contributed by atoms with van der Waals surface area (Å²) in [4.78, 5) is 0. The van der Waals surface area contributed by atoms with Crippen LogP contribution in [0.3, 0.4) is 0 Å². The molecule has 1 N–H and O–H groups in total. The fraction of sp³-hybridized carbons (Fsp3) is 0.273. The van der Waals surface area contributed by atoms with E-state index in [1.165, 1.54) is 0 Å². The Balaban J connectivity index is 2.84. The first-order chi connectivity index (χ1) is 7.19. The molecule has 0 spiro atoms. The molecule has 80 valence electrons. The van der Waals surface area contributed by atoms with Crippen LogP contribution in [0.1, 0.15) is 12.0 Å². The minimum absolute atomic E-state index is 0.00182. The lowest BCUT2D eigenvalue weighted by Gasteiger charge is -2.10. The molecule has 0 unspecified atom stereocenters. The summed E-state index contributed by atoms with van der Waals surface area (Å²) in [5.41, 5.74) is 0.818. The topological polar surface area (TPSA) is 29.5 Å². The minimum Gasteiger partial charge on any atom is -0.490 e. The summed E-state index contributed by atoms with van der Waals surface area (Å²) in [5.74, 6) is 3.21. The zero-order valence-corrected chi connectivity index (χ0v) is 11.1. The SMILES string of the molecule is C#CCCOc1c(Br)cc(CO)cc1Br. The molecule has 0 atom stereocenters. The number of ether oxygens (including phenoxy) is 1. The van der Waals surface area contributed by atoms with Crippen molar-refractivity contribution in [2.45, 2.75) is 13.0 Å². The van der Waals surface area contributed by atoms with Crippen molar-refractivity contribution in [1.29, 1.82) is 0 Å². The smallest absolute Gasteiger partial charge is 0.147 e. The second-order valence-electron chi connectivity index (χ2n) is 2.85. The third-order valence-electron chi connectivity index (χ3n) is 1.73. The number of benzene rings is 1. The van der Waals surface area contributed by atoms with E-state index in [0.717, 1.165) is 14.5 Å². The Labute approximate surface area is 106 Å². The van der Waals surface area contributed by atoms with Crippen LogP contribution in [0.5, 0.6) is 5.75 Å². The summed E-state index contributed by atoms with van der Waals surface area (Å²) in [6, 6.07) is 3.63. The lowest BCUT2D eigenvalue weighted by atomic mass is 10.2. The van der Waals surface area contributed by atoms with Crippen molar-refractivity contribution in [2.75, 3.05) is 6.61 Å². The van der Waals surface area contributed by atoms with Gasteiger partial charge in [-0.25, -0.2) is 0 Å². The van der Waals surface area contributed by atoms with E-state index >= 15 is 0 Å². The van der Waals surface area contributed by atoms with Crippen LogP contribution in [0.25, 0.3) is 0 Å². The van der Waals surface area contributed by atoms with Crippen molar-refractivity contribution in [2.24, 2.45) is 0 Å².